The van der Waals surface area contributed by atoms with Gasteiger partial charge in [-0.05, 0) is 37.5 Å². The first-order valence-electron chi connectivity index (χ1n) is 9.13. The molecule has 146 valence electrons. The van der Waals surface area contributed by atoms with E-state index in [4.69, 9.17) is 0 Å². The van der Waals surface area contributed by atoms with Gasteiger partial charge in [0.05, 0.1) is 15.6 Å². The zero-order chi connectivity index (χ0) is 19.6. The maximum absolute atomic E-state index is 12.5. The van der Waals surface area contributed by atoms with Gasteiger partial charge in [-0.1, -0.05) is 26.0 Å². The number of aryl methyl sites for hydroxylation is 1. The molecule has 27 heavy (non-hydrogen) atoms. The van der Waals surface area contributed by atoms with Crippen molar-refractivity contribution in [3.63, 3.8) is 0 Å². The van der Waals surface area contributed by atoms with E-state index in [0.717, 1.165) is 29.1 Å². The molecule has 1 N–H and O–H groups in total. The molecule has 3 rings (SSSR count). The molecule has 0 atom stereocenters. The number of amides is 1. The number of nitrogens with one attached hydrogen (secondary N) is 1. The van der Waals surface area contributed by atoms with Gasteiger partial charge in [0.15, 0.2) is 0 Å². The van der Waals surface area contributed by atoms with Crippen molar-refractivity contribution in [2.45, 2.75) is 51.0 Å². The SMILES string of the molecule is Cc1nc(C(C)C)sc1C(=O)NCc1ccc(S(=O)(=O)N2CCCC2)cc1. The molecule has 2 aromatic rings. The van der Waals surface area contributed by atoms with E-state index in [2.05, 4.69) is 24.1 Å². The van der Waals surface area contributed by atoms with Gasteiger partial charge >= 0.3 is 0 Å². The maximum atomic E-state index is 12.5. The average Bonchev–Trinajstić information content (AvgIpc) is 3.30. The van der Waals surface area contributed by atoms with Crippen molar-refractivity contribution in [3.05, 3.63) is 45.4 Å². The molecule has 2 heterocycles. The van der Waals surface area contributed by atoms with Gasteiger partial charge in [-0.2, -0.15) is 4.31 Å². The Bertz CT molecular complexity index is 912. The molecule has 0 unspecified atom stereocenters. The van der Waals surface area contributed by atoms with E-state index in [1.54, 1.807) is 24.3 Å². The summed E-state index contributed by atoms with van der Waals surface area (Å²) in [5.74, 6) is 0.144. The van der Waals surface area contributed by atoms with Crippen LogP contribution in [-0.2, 0) is 16.6 Å². The highest BCUT2D eigenvalue weighted by Crippen LogP contribution is 2.25. The Kier molecular flexibility index (Phi) is 5.98. The number of rotatable bonds is 6. The highest BCUT2D eigenvalue weighted by Gasteiger charge is 2.26. The topological polar surface area (TPSA) is 79.4 Å². The Morgan fingerprint density at radius 3 is 2.41 bits per heavy atom. The number of carbonyl (C=O) groups is 1. The number of nitrogens with zero attached hydrogens (tertiary/aromatic N) is 2. The average molecular weight is 408 g/mol. The number of sulfonamides is 1. The van der Waals surface area contributed by atoms with Gasteiger partial charge < -0.3 is 5.32 Å². The van der Waals surface area contributed by atoms with Crippen molar-refractivity contribution in [1.29, 1.82) is 0 Å². The second-order valence-corrected chi connectivity index (χ2v) is 10.0. The van der Waals surface area contributed by atoms with Crippen molar-refractivity contribution < 1.29 is 13.2 Å². The third-order valence-electron chi connectivity index (χ3n) is 4.59. The number of hydrogen-bond donors (Lipinski definition) is 1. The van der Waals surface area contributed by atoms with Crippen LogP contribution in [0.15, 0.2) is 29.2 Å². The predicted octanol–water partition coefficient (Wildman–Crippen LogP) is 3.29. The molecule has 8 heteroatoms. The third-order valence-corrected chi connectivity index (χ3v) is 7.96. The first-order chi connectivity index (χ1) is 12.8. The van der Waals surface area contributed by atoms with Crippen molar-refractivity contribution in [3.8, 4) is 0 Å². The van der Waals surface area contributed by atoms with Crippen LogP contribution >= 0.6 is 11.3 Å². The van der Waals surface area contributed by atoms with Crippen LogP contribution in [0.4, 0.5) is 0 Å². The summed E-state index contributed by atoms with van der Waals surface area (Å²) in [4.78, 5) is 17.8. The molecule has 0 saturated carbocycles. The van der Waals surface area contributed by atoms with Crippen LogP contribution in [0.1, 0.15) is 58.5 Å². The largest absolute Gasteiger partial charge is 0.347 e. The Morgan fingerprint density at radius 2 is 1.85 bits per heavy atom. The molecular weight excluding hydrogens is 382 g/mol. The zero-order valence-corrected chi connectivity index (χ0v) is 17.5. The van der Waals surface area contributed by atoms with Gasteiger partial charge in [0.25, 0.3) is 5.91 Å². The van der Waals surface area contributed by atoms with E-state index in [1.165, 1.54) is 15.6 Å². The Morgan fingerprint density at radius 1 is 1.22 bits per heavy atom. The predicted molar refractivity (Wildman–Crippen MR) is 107 cm³/mol. The standard InChI is InChI=1S/C19H25N3O3S2/c1-13(2)19-21-14(3)17(26-19)18(23)20-12-15-6-8-16(9-7-15)27(24,25)22-10-4-5-11-22/h6-9,13H,4-5,10-12H2,1-3H3,(H,20,23). The molecule has 1 saturated heterocycles. The first kappa shape index (κ1) is 20.0. The Hall–Kier alpha value is -1.77. The molecule has 0 radical (unpaired) electrons. The summed E-state index contributed by atoms with van der Waals surface area (Å²) in [7, 11) is -3.40. The number of aromatic nitrogens is 1. The zero-order valence-electron chi connectivity index (χ0n) is 15.9. The summed E-state index contributed by atoms with van der Waals surface area (Å²) in [5, 5.41) is 3.85. The maximum Gasteiger partial charge on any atom is 0.263 e. The van der Waals surface area contributed by atoms with Gasteiger partial charge in [0, 0.05) is 25.6 Å². The van der Waals surface area contributed by atoms with E-state index in [9.17, 15) is 13.2 Å². The lowest BCUT2D eigenvalue weighted by Crippen LogP contribution is -2.27. The first-order valence-corrected chi connectivity index (χ1v) is 11.4. The molecule has 0 spiro atoms. The minimum absolute atomic E-state index is 0.148. The lowest BCUT2D eigenvalue weighted by atomic mass is 10.2. The minimum Gasteiger partial charge on any atom is -0.347 e. The Balaban J connectivity index is 1.64. The molecule has 0 bridgehead atoms. The van der Waals surface area contributed by atoms with Crippen molar-refractivity contribution >= 4 is 27.3 Å². The summed E-state index contributed by atoms with van der Waals surface area (Å²) in [6.07, 6.45) is 1.83. The monoisotopic (exact) mass is 407 g/mol. The lowest BCUT2D eigenvalue weighted by Gasteiger charge is -2.15. The molecule has 1 amide bonds. The second kappa shape index (κ2) is 8.08. The van der Waals surface area contributed by atoms with Crippen LogP contribution in [-0.4, -0.2) is 36.7 Å². The van der Waals surface area contributed by atoms with E-state index in [0.29, 0.717) is 35.3 Å². The van der Waals surface area contributed by atoms with Gasteiger partial charge in [-0.3, -0.25) is 4.79 Å². The highest BCUT2D eigenvalue weighted by atomic mass is 32.2. The quantitative estimate of drug-likeness (QED) is 0.797. The summed E-state index contributed by atoms with van der Waals surface area (Å²) < 4.78 is 26.6. The van der Waals surface area contributed by atoms with Gasteiger partial charge in [-0.15, -0.1) is 11.3 Å². The molecule has 1 fully saturated rings. The van der Waals surface area contributed by atoms with E-state index in [-0.39, 0.29) is 5.91 Å². The van der Waals surface area contributed by atoms with Crippen molar-refractivity contribution in [2.24, 2.45) is 0 Å². The van der Waals surface area contributed by atoms with Crippen LogP contribution in [0.3, 0.4) is 0 Å². The summed E-state index contributed by atoms with van der Waals surface area (Å²) in [6.45, 7) is 7.47. The van der Waals surface area contributed by atoms with Crippen molar-refractivity contribution in [2.75, 3.05) is 13.1 Å². The summed E-state index contributed by atoms with van der Waals surface area (Å²) in [6, 6.07) is 6.73. The second-order valence-electron chi connectivity index (χ2n) is 7.06. The molecule has 1 aliphatic heterocycles. The fourth-order valence-electron chi connectivity index (χ4n) is 2.99. The molecule has 0 aliphatic carbocycles. The molecule has 6 nitrogen and oxygen atoms in total. The fraction of sp³-hybridized carbons (Fsp3) is 0.474. The molecule has 1 aromatic carbocycles. The fourth-order valence-corrected chi connectivity index (χ4v) is 5.50. The lowest BCUT2D eigenvalue weighted by molar-refractivity contribution is 0.0954. The molecule has 1 aromatic heterocycles. The normalized spacial score (nSPS) is 15.4. The molecule has 1 aliphatic rings. The number of carbonyl (C=O) groups excluding carboxylic acids is 1. The van der Waals surface area contributed by atoms with E-state index < -0.39 is 10.0 Å². The smallest absolute Gasteiger partial charge is 0.263 e. The van der Waals surface area contributed by atoms with Gasteiger partial charge in [-0.25, -0.2) is 13.4 Å². The van der Waals surface area contributed by atoms with E-state index in [1.807, 2.05) is 6.92 Å². The summed E-state index contributed by atoms with van der Waals surface area (Å²) in [5.41, 5.74) is 1.60. The van der Waals surface area contributed by atoms with Crippen molar-refractivity contribution in [1.82, 2.24) is 14.6 Å². The number of thiazole rings is 1. The molecular formula is C19H25N3O3S2. The van der Waals surface area contributed by atoms with Gasteiger partial charge in [0.1, 0.15) is 4.88 Å². The van der Waals surface area contributed by atoms with Crippen LogP contribution in [0.25, 0.3) is 0 Å². The van der Waals surface area contributed by atoms with Crippen LogP contribution in [0.5, 0.6) is 0 Å². The summed E-state index contributed by atoms with van der Waals surface area (Å²) >= 11 is 1.42. The number of benzene rings is 1. The van der Waals surface area contributed by atoms with Crippen LogP contribution in [0, 0.1) is 6.92 Å². The van der Waals surface area contributed by atoms with E-state index >= 15 is 0 Å². The third kappa shape index (κ3) is 4.39. The van der Waals surface area contributed by atoms with Crippen LogP contribution < -0.4 is 5.32 Å². The number of hydrogen-bond acceptors (Lipinski definition) is 5. The Labute approximate surface area is 164 Å². The van der Waals surface area contributed by atoms with Crippen LogP contribution in [0.2, 0.25) is 0 Å². The minimum atomic E-state index is -3.40. The van der Waals surface area contributed by atoms with Gasteiger partial charge in [0.2, 0.25) is 10.0 Å². The highest BCUT2D eigenvalue weighted by molar-refractivity contribution is 7.89.